The number of nitrogens with zero attached hydrogens (tertiary/aromatic N) is 3. The molecule has 0 bridgehead atoms. The first-order valence-corrected chi connectivity index (χ1v) is 5.97. The molecule has 0 spiro atoms. The van der Waals surface area contributed by atoms with Crippen LogP contribution in [0.2, 0.25) is 0 Å². The maximum Gasteiger partial charge on any atom is 0.352 e. The number of amidine groups is 1. The van der Waals surface area contributed by atoms with Gasteiger partial charge < -0.3 is 20.1 Å². The second-order valence-corrected chi connectivity index (χ2v) is 4.58. The Kier molecular flexibility index (Phi) is 3.06. The van der Waals surface area contributed by atoms with Gasteiger partial charge in [-0.15, -0.1) is 0 Å². The highest BCUT2D eigenvalue weighted by Gasteiger charge is 2.52. The molecule has 11 nitrogen and oxygen atoms in total. The number of hydrogen-bond donors (Lipinski definition) is 5. The Bertz CT molecular complexity index is 601. The SMILES string of the molecule is N=C1N=C2C(=NC(=O)N2[C@@H]2O[C@@H](CO)[C@@H](O)[C@H]2O)C(=O)N1. The van der Waals surface area contributed by atoms with Gasteiger partial charge in [0.05, 0.1) is 6.61 Å². The lowest BCUT2D eigenvalue weighted by Crippen LogP contribution is -2.53. The fourth-order valence-electron chi connectivity index (χ4n) is 2.29. The molecule has 3 aliphatic rings. The van der Waals surface area contributed by atoms with Crippen molar-refractivity contribution in [3.8, 4) is 0 Å². The molecule has 0 aliphatic carbocycles. The monoisotopic (exact) mass is 297 g/mol. The average Bonchev–Trinajstić information content (AvgIpc) is 2.89. The van der Waals surface area contributed by atoms with E-state index < -0.39 is 49.0 Å². The summed E-state index contributed by atoms with van der Waals surface area (Å²) in [6.45, 7) is -0.562. The number of amides is 3. The summed E-state index contributed by atoms with van der Waals surface area (Å²) in [5.41, 5.74) is -0.297. The molecule has 1 saturated heterocycles. The molecule has 3 heterocycles. The molecule has 3 rings (SSSR count). The zero-order valence-electron chi connectivity index (χ0n) is 10.4. The second kappa shape index (κ2) is 4.66. The zero-order chi connectivity index (χ0) is 15.3. The molecule has 4 atom stereocenters. The van der Waals surface area contributed by atoms with Gasteiger partial charge in [0.15, 0.2) is 17.8 Å². The Hall–Kier alpha value is -2.21. The van der Waals surface area contributed by atoms with Gasteiger partial charge in [0.2, 0.25) is 5.96 Å². The van der Waals surface area contributed by atoms with Crippen LogP contribution >= 0.6 is 0 Å². The molecular formula is C10H11N5O6. The van der Waals surface area contributed by atoms with E-state index in [0.717, 1.165) is 4.90 Å². The lowest BCUT2D eigenvalue weighted by molar-refractivity contribution is -0.113. The Morgan fingerprint density at radius 3 is 2.62 bits per heavy atom. The van der Waals surface area contributed by atoms with Crippen LogP contribution in [0, 0.1) is 5.41 Å². The van der Waals surface area contributed by atoms with Crippen molar-refractivity contribution in [3.63, 3.8) is 0 Å². The lowest BCUT2D eigenvalue weighted by Gasteiger charge is -2.26. The van der Waals surface area contributed by atoms with Gasteiger partial charge in [0, 0.05) is 0 Å². The molecular weight excluding hydrogens is 286 g/mol. The van der Waals surface area contributed by atoms with Crippen LogP contribution in [0.1, 0.15) is 0 Å². The van der Waals surface area contributed by atoms with Crippen molar-refractivity contribution in [1.29, 1.82) is 5.41 Å². The van der Waals surface area contributed by atoms with Crippen molar-refractivity contribution in [2.75, 3.05) is 6.61 Å². The fraction of sp³-hybridized carbons (Fsp3) is 0.500. The predicted octanol–water partition coefficient (Wildman–Crippen LogP) is -3.23. The maximum atomic E-state index is 11.9. The minimum absolute atomic E-state index is 0.233. The van der Waals surface area contributed by atoms with Gasteiger partial charge in [-0.1, -0.05) is 0 Å². The molecule has 0 radical (unpaired) electrons. The summed E-state index contributed by atoms with van der Waals surface area (Å²) >= 11 is 0. The highest BCUT2D eigenvalue weighted by Crippen LogP contribution is 2.27. The average molecular weight is 297 g/mol. The number of ether oxygens (including phenoxy) is 1. The summed E-state index contributed by atoms with van der Waals surface area (Å²) in [5.74, 6) is -1.49. The third kappa shape index (κ3) is 1.94. The summed E-state index contributed by atoms with van der Waals surface area (Å²) in [6.07, 6.45) is -5.36. The summed E-state index contributed by atoms with van der Waals surface area (Å²) in [5, 5.41) is 38.1. The minimum Gasteiger partial charge on any atom is -0.394 e. The van der Waals surface area contributed by atoms with Crippen LogP contribution in [-0.2, 0) is 9.53 Å². The molecule has 1 fully saturated rings. The van der Waals surface area contributed by atoms with E-state index in [9.17, 15) is 19.8 Å². The Morgan fingerprint density at radius 1 is 1.29 bits per heavy atom. The van der Waals surface area contributed by atoms with Gasteiger partial charge in [-0.05, 0) is 0 Å². The van der Waals surface area contributed by atoms with Crippen LogP contribution in [0.25, 0.3) is 0 Å². The van der Waals surface area contributed by atoms with E-state index in [1.807, 2.05) is 0 Å². The summed E-state index contributed by atoms with van der Waals surface area (Å²) in [7, 11) is 0. The molecule has 0 unspecified atom stereocenters. The van der Waals surface area contributed by atoms with E-state index in [4.69, 9.17) is 15.3 Å². The molecule has 0 aromatic heterocycles. The highest BCUT2D eigenvalue weighted by atomic mass is 16.6. The number of rotatable bonds is 2. The van der Waals surface area contributed by atoms with Crippen LogP contribution in [0.4, 0.5) is 4.79 Å². The molecule has 21 heavy (non-hydrogen) atoms. The van der Waals surface area contributed by atoms with Crippen molar-refractivity contribution < 1.29 is 29.6 Å². The quantitative estimate of drug-likeness (QED) is 0.359. The van der Waals surface area contributed by atoms with E-state index in [2.05, 4.69) is 15.3 Å². The predicted molar refractivity (Wildman–Crippen MR) is 65.7 cm³/mol. The van der Waals surface area contributed by atoms with Gasteiger partial charge in [-0.2, -0.15) is 9.98 Å². The Morgan fingerprint density at radius 2 is 2.00 bits per heavy atom. The number of guanidine groups is 1. The normalized spacial score (nSPS) is 35.6. The Balaban J connectivity index is 1.95. The summed E-state index contributed by atoms with van der Waals surface area (Å²) in [4.78, 5) is 31.5. The van der Waals surface area contributed by atoms with E-state index in [-0.39, 0.29) is 11.5 Å². The maximum absolute atomic E-state index is 11.9. The van der Waals surface area contributed by atoms with Crippen molar-refractivity contribution in [3.05, 3.63) is 0 Å². The van der Waals surface area contributed by atoms with Gasteiger partial charge in [-0.3, -0.25) is 15.5 Å². The molecule has 0 aromatic rings. The number of hydrogen-bond acceptors (Lipinski definition) is 7. The Labute approximate surface area is 117 Å². The van der Waals surface area contributed by atoms with Gasteiger partial charge in [0.1, 0.15) is 18.3 Å². The van der Waals surface area contributed by atoms with Crippen molar-refractivity contribution in [1.82, 2.24) is 10.2 Å². The minimum atomic E-state index is -1.51. The molecule has 3 aliphatic heterocycles. The smallest absolute Gasteiger partial charge is 0.352 e. The molecule has 5 N–H and O–H groups in total. The third-order valence-electron chi connectivity index (χ3n) is 3.29. The van der Waals surface area contributed by atoms with Crippen molar-refractivity contribution in [2.45, 2.75) is 24.5 Å². The number of urea groups is 1. The fourth-order valence-corrected chi connectivity index (χ4v) is 2.29. The number of nitrogens with one attached hydrogen (secondary N) is 2. The molecule has 0 aromatic carbocycles. The van der Waals surface area contributed by atoms with E-state index in [1.165, 1.54) is 0 Å². The number of carbonyl (C=O) groups is 2. The van der Waals surface area contributed by atoms with Crippen LogP contribution in [0.5, 0.6) is 0 Å². The first kappa shape index (κ1) is 13.8. The third-order valence-corrected chi connectivity index (χ3v) is 3.29. The number of aliphatic hydroxyl groups is 3. The molecule has 11 heteroatoms. The summed E-state index contributed by atoms with van der Waals surface area (Å²) in [6, 6.07) is -0.913. The number of aliphatic hydroxyl groups excluding tert-OH is 3. The number of carbonyl (C=O) groups excluding carboxylic acids is 2. The molecule has 3 amide bonds. The van der Waals surface area contributed by atoms with Gasteiger partial charge in [-0.25, -0.2) is 9.69 Å². The lowest BCUT2D eigenvalue weighted by atomic mass is 10.1. The molecule has 0 saturated carbocycles. The van der Waals surface area contributed by atoms with Crippen LogP contribution in [-0.4, -0.2) is 80.8 Å². The first-order valence-electron chi connectivity index (χ1n) is 5.97. The summed E-state index contributed by atoms with van der Waals surface area (Å²) < 4.78 is 5.21. The van der Waals surface area contributed by atoms with Crippen LogP contribution in [0.3, 0.4) is 0 Å². The van der Waals surface area contributed by atoms with Crippen molar-refractivity contribution in [2.24, 2.45) is 9.98 Å². The topological polar surface area (TPSA) is 168 Å². The number of aliphatic imine (C=N–C) groups is 2. The van der Waals surface area contributed by atoms with E-state index in [0.29, 0.717) is 0 Å². The van der Waals surface area contributed by atoms with Crippen LogP contribution < -0.4 is 5.32 Å². The standard InChI is InChI=1S/C10H11N5O6/c11-9-13-6-3(7(19)14-9)12-10(20)15(6)8-5(18)4(17)2(1-16)21-8/h2,4-5,8,16-18H,1H2,(H2,11,14,19)/t2-,4+,5+,8+/m0/s1. The second-order valence-electron chi connectivity index (χ2n) is 4.58. The van der Waals surface area contributed by atoms with Gasteiger partial charge >= 0.3 is 6.03 Å². The largest absolute Gasteiger partial charge is 0.394 e. The zero-order valence-corrected chi connectivity index (χ0v) is 10.4. The first-order chi connectivity index (χ1) is 9.93. The van der Waals surface area contributed by atoms with Crippen molar-refractivity contribution >= 4 is 29.4 Å². The van der Waals surface area contributed by atoms with Crippen LogP contribution in [0.15, 0.2) is 9.98 Å². The highest BCUT2D eigenvalue weighted by molar-refractivity contribution is 6.72. The number of fused-ring (bicyclic) bond motifs is 1. The molecule has 112 valence electrons. The van der Waals surface area contributed by atoms with Gasteiger partial charge in [0.25, 0.3) is 5.91 Å². The van der Waals surface area contributed by atoms with E-state index >= 15 is 0 Å². The van der Waals surface area contributed by atoms with E-state index in [1.54, 1.807) is 0 Å².